The first kappa shape index (κ1) is 20.6. The van der Waals surface area contributed by atoms with E-state index >= 15 is 0 Å². The maximum absolute atomic E-state index is 14.3. The minimum Gasteiger partial charge on any atom is -0.495 e. The van der Waals surface area contributed by atoms with Crippen molar-refractivity contribution in [2.45, 2.75) is 24.2 Å². The number of nitrogens with zero attached hydrogens (tertiary/aromatic N) is 1. The van der Waals surface area contributed by atoms with E-state index in [1.807, 2.05) is 0 Å². The number of hydrogen-bond donors (Lipinski definition) is 1. The zero-order valence-electron chi connectivity index (χ0n) is 15.2. The van der Waals surface area contributed by atoms with E-state index in [4.69, 9.17) is 16.3 Å². The molecule has 1 aliphatic rings. The summed E-state index contributed by atoms with van der Waals surface area (Å²) >= 11 is 5.95. The monoisotopic (exact) mass is 426 g/mol. The Bertz CT molecular complexity index is 991. The summed E-state index contributed by atoms with van der Waals surface area (Å²) in [4.78, 5) is 12.1. The molecule has 1 saturated heterocycles. The molecule has 9 heteroatoms. The van der Waals surface area contributed by atoms with Gasteiger partial charge in [-0.3, -0.25) is 4.79 Å². The van der Waals surface area contributed by atoms with Crippen molar-refractivity contribution in [1.29, 1.82) is 0 Å². The second kappa shape index (κ2) is 8.46. The first-order chi connectivity index (χ1) is 13.3. The Morgan fingerprint density at radius 2 is 1.86 bits per heavy atom. The van der Waals surface area contributed by atoms with Crippen molar-refractivity contribution >= 4 is 33.2 Å². The normalized spacial score (nSPS) is 15.2. The van der Waals surface area contributed by atoms with Crippen molar-refractivity contribution in [3.8, 4) is 5.75 Å². The quantitative estimate of drug-likeness (QED) is 0.786. The average Bonchev–Trinajstić information content (AvgIpc) is 2.69. The Hall–Kier alpha value is -2.16. The Kier molecular flexibility index (Phi) is 6.22. The lowest BCUT2D eigenvalue weighted by atomic mass is 10.2. The standard InChI is InChI=1S/C19H20ClFN2O4S/c1-27-17-8-6-14(20)12-16(17)22-19(24)13-5-7-15(21)18(11-13)28(25,26)23-9-3-2-4-10-23/h5-8,11-12H,2-4,9-10H2,1H3,(H,22,24). The summed E-state index contributed by atoms with van der Waals surface area (Å²) < 4.78 is 46.4. The molecule has 28 heavy (non-hydrogen) atoms. The summed E-state index contributed by atoms with van der Waals surface area (Å²) in [5.74, 6) is -1.10. The molecule has 0 aliphatic carbocycles. The van der Waals surface area contributed by atoms with Crippen LogP contribution in [0, 0.1) is 5.82 Å². The number of anilines is 1. The molecule has 3 rings (SSSR count). The second-order valence-corrected chi connectivity index (χ2v) is 8.75. The topological polar surface area (TPSA) is 75.7 Å². The Balaban J connectivity index is 1.91. The fourth-order valence-electron chi connectivity index (χ4n) is 3.06. The zero-order chi connectivity index (χ0) is 20.3. The van der Waals surface area contributed by atoms with Gasteiger partial charge in [0.25, 0.3) is 5.91 Å². The number of benzene rings is 2. The summed E-state index contributed by atoms with van der Waals surface area (Å²) in [7, 11) is -2.56. The number of rotatable bonds is 5. The predicted molar refractivity (Wildman–Crippen MR) is 105 cm³/mol. The van der Waals surface area contributed by atoms with Gasteiger partial charge in [0.15, 0.2) is 0 Å². The molecule has 2 aromatic carbocycles. The fourth-order valence-corrected chi connectivity index (χ4v) is 4.84. The van der Waals surface area contributed by atoms with Gasteiger partial charge >= 0.3 is 0 Å². The minimum absolute atomic E-state index is 0.0130. The molecule has 1 N–H and O–H groups in total. The molecule has 0 atom stereocenters. The largest absolute Gasteiger partial charge is 0.495 e. The molecule has 1 amide bonds. The van der Waals surface area contributed by atoms with Gasteiger partial charge in [-0.1, -0.05) is 18.0 Å². The van der Waals surface area contributed by atoms with Crippen molar-refractivity contribution in [3.63, 3.8) is 0 Å². The minimum atomic E-state index is -4.01. The second-order valence-electron chi connectivity index (χ2n) is 6.41. The van der Waals surface area contributed by atoms with E-state index in [1.54, 1.807) is 12.1 Å². The third kappa shape index (κ3) is 4.29. The van der Waals surface area contributed by atoms with Crippen LogP contribution < -0.4 is 10.1 Å². The highest BCUT2D eigenvalue weighted by Gasteiger charge is 2.29. The van der Waals surface area contributed by atoms with Crippen LogP contribution in [0.2, 0.25) is 5.02 Å². The van der Waals surface area contributed by atoms with Crippen molar-refractivity contribution < 1.29 is 22.3 Å². The van der Waals surface area contributed by atoms with Crippen LogP contribution in [0.25, 0.3) is 0 Å². The predicted octanol–water partition coefficient (Wildman–Crippen LogP) is 3.91. The highest BCUT2D eigenvalue weighted by Crippen LogP contribution is 2.29. The molecular weight excluding hydrogens is 407 g/mol. The first-order valence-electron chi connectivity index (χ1n) is 8.77. The Morgan fingerprint density at radius 3 is 2.54 bits per heavy atom. The number of carbonyl (C=O) groups excluding carboxylic acids is 1. The molecule has 0 spiro atoms. The van der Waals surface area contributed by atoms with E-state index in [0.29, 0.717) is 29.5 Å². The molecule has 1 heterocycles. The molecule has 0 saturated carbocycles. The van der Waals surface area contributed by atoms with Gasteiger partial charge in [-0.25, -0.2) is 12.8 Å². The van der Waals surface area contributed by atoms with Crippen LogP contribution >= 0.6 is 11.6 Å². The summed E-state index contributed by atoms with van der Waals surface area (Å²) in [5.41, 5.74) is 0.337. The van der Waals surface area contributed by atoms with Crippen LogP contribution in [0.4, 0.5) is 10.1 Å². The van der Waals surface area contributed by atoms with Gasteiger partial charge in [0.2, 0.25) is 10.0 Å². The number of halogens is 2. The summed E-state index contributed by atoms with van der Waals surface area (Å²) in [6, 6.07) is 7.99. The lowest BCUT2D eigenvalue weighted by molar-refractivity contribution is 0.102. The Labute approximate surface area is 168 Å². The van der Waals surface area contributed by atoms with E-state index in [-0.39, 0.29) is 5.56 Å². The average molecular weight is 427 g/mol. The maximum atomic E-state index is 14.3. The van der Waals surface area contributed by atoms with Crippen molar-refractivity contribution in [1.82, 2.24) is 4.31 Å². The lowest BCUT2D eigenvalue weighted by Gasteiger charge is -2.26. The molecule has 0 bridgehead atoms. The number of ether oxygens (including phenoxy) is 1. The van der Waals surface area contributed by atoms with E-state index < -0.39 is 26.6 Å². The third-order valence-electron chi connectivity index (χ3n) is 4.54. The molecule has 6 nitrogen and oxygen atoms in total. The van der Waals surface area contributed by atoms with Crippen molar-refractivity contribution in [2.24, 2.45) is 0 Å². The summed E-state index contributed by atoms with van der Waals surface area (Å²) in [5, 5.41) is 3.01. The lowest BCUT2D eigenvalue weighted by Crippen LogP contribution is -2.36. The van der Waals surface area contributed by atoms with Gasteiger partial charge in [0.1, 0.15) is 16.5 Å². The highest BCUT2D eigenvalue weighted by molar-refractivity contribution is 7.89. The molecule has 0 aromatic heterocycles. The number of carbonyl (C=O) groups is 1. The van der Waals surface area contributed by atoms with Crippen LogP contribution in [0.5, 0.6) is 5.75 Å². The van der Waals surface area contributed by atoms with E-state index in [1.165, 1.54) is 23.5 Å². The zero-order valence-corrected chi connectivity index (χ0v) is 16.8. The summed E-state index contributed by atoms with van der Waals surface area (Å²) in [6.07, 6.45) is 2.41. The SMILES string of the molecule is COc1ccc(Cl)cc1NC(=O)c1ccc(F)c(S(=O)(=O)N2CCCCC2)c1. The number of amides is 1. The van der Waals surface area contributed by atoms with E-state index in [2.05, 4.69) is 5.32 Å². The summed E-state index contributed by atoms with van der Waals surface area (Å²) in [6.45, 7) is 0.690. The van der Waals surface area contributed by atoms with Crippen LogP contribution in [-0.4, -0.2) is 38.8 Å². The molecular formula is C19H20ClFN2O4S. The molecule has 0 radical (unpaired) electrons. The number of piperidine rings is 1. The van der Waals surface area contributed by atoms with E-state index in [0.717, 1.165) is 31.4 Å². The van der Waals surface area contributed by atoms with Gasteiger partial charge in [-0.05, 0) is 49.2 Å². The van der Waals surface area contributed by atoms with Crippen LogP contribution in [0.1, 0.15) is 29.6 Å². The maximum Gasteiger partial charge on any atom is 0.255 e. The number of nitrogens with one attached hydrogen (secondary N) is 1. The third-order valence-corrected chi connectivity index (χ3v) is 6.68. The number of methoxy groups -OCH3 is 1. The van der Waals surface area contributed by atoms with Crippen LogP contribution in [-0.2, 0) is 10.0 Å². The van der Waals surface area contributed by atoms with Gasteiger partial charge in [0.05, 0.1) is 12.8 Å². The number of hydrogen-bond acceptors (Lipinski definition) is 4. The van der Waals surface area contributed by atoms with Gasteiger partial charge in [0, 0.05) is 23.7 Å². The fraction of sp³-hybridized carbons (Fsp3) is 0.316. The highest BCUT2D eigenvalue weighted by atomic mass is 35.5. The Morgan fingerprint density at radius 1 is 1.14 bits per heavy atom. The van der Waals surface area contributed by atoms with Crippen LogP contribution in [0.3, 0.4) is 0 Å². The molecule has 150 valence electrons. The van der Waals surface area contributed by atoms with Gasteiger partial charge in [-0.15, -0.1) is 0 Å². The molecule has 1 aliphatic heterocycles. The van der Waals surface area contributed by atoms with E-state index in [9.17, 15) is 17.6 Å². The number of sulfonamides is 1. The van der Waals surface area contributed by atoms with Gasteiger partial charge in [-0.2, -0.15) is 4.31 Å². The van der Waals surface area contributed by atoms with Gasteiger partial charge < -0.3 is 10.1 Å². The van der Waals surface area contributed by atoms with Crippen LogP contribution in [0.15, 0.2) is 41.3 Å². The van der Waals surface area contributed by atoms with Crippen molar-refractivity contribution in [2.75, 3.05) is 25.5 Å². The van der Waals surface area contributed by atoms with Crippen molar-refractivity contribution in [3.05, 3.63) is 52.8 Å². The molecule has 2 aromatic rings. The first-order valence-corrected chi connectivity index (χ1v) is 10.6. The smallest absolute Gasteiger partial charge is 0.255 e. The molecule has 1 fully saturated rings. The molecule has 0 unspecified atom stereocenters.